The zero-order valence-corrected chi connectivity index (χ0v) is 10.1. The van der Waals surface area contributed by atoms with Gasteiger partial charge in [-0.1, -0.05) is 19.8 Å². The molecule has 0 aliphatic carbocycles. The number of anilines is 1. The molecule has 0 amide bonds. The van der Waals surface area contributed by atoms with Crippen LogP contribution in [0.25, 0.3) is 0 Å². The van der Waals surface area contributed by atoms with Crippen molar-refractivity contribution in [3.05, 3.63) is 27.9 Å². The lowest BCUT2D eigenvalue weighted by Gasteiger charge is -2.05. The topological polar surface area (TPSA) is 108 Å². The van der Waals surface area contributed by atoms with E-state index in [0.717, 1.165) is 25.5 Å². The molecule has 0 saturated carbocycles. The van der Waals surface area contributed by atoms with E-state index in [4.69, 9.17) is 10.5 Å². The van der Waals surface area contributed by atoms with Gasteiger partial charge in [-0.05, 0) is 22.4 Å². The molecule has 1 aromatic heterocycles. The normalized spacial score (nSPS) is 10.1. The number of hydrogen-bond acceptors (Lipinski definition) is 6. The highest BCUT2D eigenvalue weighted by molar-refractivity contribution is 5.93. The van der Waals surface area contributed by atoms with Gasteiger partial charge in [0.1, 0.15) is 0 Å². The van der Waals surface area contributed by atoms with E-state index in [-0.39, 0.29) is 17.9 Å². The summed E-state index contributed by atoms with van der Waals surface area (Å²) in [6, 6.07) is 1.20. The molecule has 0 atom stereocenters. The number of nitrogens with two attached hydrogens (primary N) is 1. The number of nitro groups is 1. The van der Waals surface area contributed by atoms with Crippen molar-refractivity contribution >= 4 is 17.5 Å². The van der Waals surface area contributed by atoms with Gasteiger partial charge in [0, 0.05) is 0 Å². The molecule has 0 bridgehead atoms. The van der Waals surface area contributed by atoms with E-state index in [1.165, 1.54) is 6.07 Å². The van der Waals surface area contributed by atoms with E-state index in [0.29, 0.717) is 0 Å². The number of nitrogen functional groups attached to an aromatic ring is 1. The van der Waals surface area contributed by atoms with Crippen molar-refractivity contribution in [2.75, 3.05) is 12.3 Å². The molecule has 0 fully saturated rings. The van der Waals surface area contributed by atoms with Gasteiger partial charge in [-0.25, -0.2) is 4.79 Å². The highest BCUT2D eigenvalue weighted by atomic mass is 16.6. The van der Waals surface area contributed by atoms with E-state index >= 15 is 0 Å². The molecule has 0 spiro atoms. The Kier molecular flexibility index (Phi) is 5.04. The number of carbonyl (C=O) groups is 1. The molecule has 1 rings (SSSR count). The fourth-order valence-corrected chi connectivity index (χ4v) is 1.36. The van der Waals surface area contributed by atoms with Gasteiger partial charge in [0.15, 0.2) is 11.8 Å². The third-order valence-electron chi connectivity index (χ3n) is 2.26. The largest absolute Gasteiger partial charge is 0.462 e. The molecule has 2 N–H and O–H groups in total. The van der Waals surface area contributed by atoms with Gasteiger partial charge in [0.25, 0.3) is 0 Å². The van der Waals surface area contributed by atoms with Gasteiger partial charge in [-0.15, -0.1) is 0 Å². The predicted molar refractivity (Wildman–Crippen MR) is 65.1 cm³/mol. The van der Waals surface area contributed by atoms with Crippen molar-refractivity contribution in [3.63, 3.8) is 0 Å². The number of unbranched alkanes of at least 4 members (excludes halogenated alkanes) is 2. The first kappa shape index (κ1) is 13.9. The molecule has 1 heterocycles. The van der Waals surface area contributed by atoms with Crippen LogP contribution in [0.3, 0.4) is 0 Å². The molecule has 0 radical (unpaired) electrons. The standard InChI is InChI=1S/C11H15N3O4/c1-2-3-4-5-18-11(15)9-6-8(12)7-13-10(9)14(16)17/h6-7H,2-5,12H2,1H3. The number of esters is 1. The van der Waals surface area contributed by atoms with E-state index in [1.54, 1.807) is 0 Å². The molecule has 0 aromatic carbocycles. The average molecular weight is 253 g/mol. The molecule has 7 nitrogen and oxygen atoms in total. The number of hydrogen-bond donors (Lipinski definition) is 1. The van der Waals surface area contributed by atoms with Crippen molar-refractivity contribution in [1.82, 2.24) is 4.98 Å². The maximum absolute atomic E-state index is 11.7. The average Bonchev–Trinajstić information content (AvgIpc) is 2.34. The van der Waals surface area contributed by atoms with Crippen LogP contribution in [-0.2, 0) is 4.74 Å². The van der Waals surface area contributed by atoms with Crippen molar-refractivity contribution in [1.29, 1.82) is 0 Å². The molecule has 0 saturated heterocycles. The minimum Gasteiger partial charge on any atom is -0.462 e. The second-order valence-corrected chi connectivity index (χ2v) is 3.74. The Morgan fingerprint density at radius 2 is 2.28 bits per heavy atom. The van der Waals surface area contributed by atoms with Gasteiger partial charge in [0.2, 0.25) is 0 Å². The third-order valence-corrected chi connectivity index (χ3v) is 2.26. The SMILES string of the molecule is CCCCCOC(=O)c1cc(N)cnc1[N+](=O)[O-]. The third kappa shape index (κ3) is 3.69. The molecule has 0 aliphatic heterocycles. The van der Waals surface area contributed by atoms with Crippen LogP contribution in [0, 0.1) is 10.1 Å². The Bertz CT molecular complexity index is 448. The van der Waals surface area contributed by atoms with Crippen LogP contribution in [0.4, 0.5) is 11.5 Å². The lowest BCUT2D eigenvalue weighted by atomic mass is 10.2. The first-order valence-corrected chi connectivity index (χ1v) is 5.63. The Morgan fingerprint density at radius 1 is 1.56 bits per heavy atom. The smallest absolute Gasteiger partial charge is 0.378 e. The number of carbonyl (C=O) groups excluding carboxylic acids is 1. The minimum atomic E-state index is -0.766. The summed E-state index contributed by atoms with van der Waals surface area (Å²) in [5.41, 5.74) is 5.42. The monoisotopic (exact) mass is 253 g/mol. The molecule has 1 aromatic rings. The van der Waals surface area contributed by atoms with Gasteiger partial charge in [-0.3, -0.25) is 0 Å². The Morgan fingerprint density at radius 3 is 2.89 bits per heavy atom. The predicted octanol–water partition coefficient (Wildman–Crippen LogP) is 1.92. The lowest BCUT2D eigenvalue weighted by molar-refractivity contribution is -0.389. The fraction of sp³-hybridized carbons (Fsp3) is 0.455. The number of ether oxygens (including phenoxy) is 1. The van der Waals surface area contributed by atoms with Crippen molar-refractivity contribution in [3.8, 4) is 0 Å². The zero-order valence-electron chi connectivity index (χ0n) is 10.1. The maximum atomic E-state index is 11.7. The summed E-state index contributed by atoms with van der Waals surface area (Å²) in [6.45, 7) is 2.26. The number of rotatable bonds is 6. The first-order valence-electron chi connectivity index (χ1n) is 5.63. The fourth-order valence-electron chi connectivity index (χ4n) is 1.36. The van der Waals surface area contributed by atoms with Gasteiger partial charge in [-0.2, -0.15) is 0 Å². The van der Waals surface area contributed by atoms with Crippen molar-refractivity contribution < 1.29 is 14.5 Å². The Labute approximate surface area is 104 Å². The summed E-state index contributed by atoms with van der Waals surface area (Å²) in [4.78, 5) is 25.2. The molecule has 7 heteroatoms. The quantitative estimate of drug-likeness (QED) is 0.359. The summed E-state index contributed by atoms with van der Waals surface area (Å²) >= 11 is 0. The van der Waals surface area contributed by atoms with Crippen LogP contribution >= 0.6 is 0 Å². The van der Waals surface area contributed by atoms with Crippen LogP contribution in [0.2, 0.25) is 0 Å². The highest BCUT2D eigenvalue weighted by Crippen LogP contribution is 2.18. The number of aromatic nitrogens is 1. The van der Waals surface area contributed by atoms with Crippen LogP contribution in [0.5, 0.6) is 0 Å². The van der Waals surface area contributed by atoms with Crippen LogP contribution in [0.15, 0.2) is 12.3 Å². The van der Waals surface area contributed by atoms with Crippen LogP contribution in [0.1, 0.15) is 36.5 Å². The van der Waals surface area contributed by atoms with Crippen molar-refractivity contribution in [2.24, 2.45) is 0 Å². The summed E-state index contributed by atoms with van der Waals surface area (Å²) in [7, 11) is 0. The minimum absolute atomic E-state index is 0.182. The second kappa shape index (κ2) is 6.53. The maximum Gasteiger partial charge on any atom is 0.378 e. The highest BCUT2D eigenvalue weighted by Gasteiger charge is 2.23. The van der Waals surface area contributed by atoms with Crippen molar-refractivity contribution in [2.45, 2.75) is 26.2 Å². The van der Waals surface area contributed by atoms with Crippen LogP contribution < -0.4 is 5.73 Å². The number of pyridine rings is 1. The summed E-state index contributed by atoms with van der Waals surface area (Å²) in [5.74, 6) is -1.30. The zero-order chi connectivity index (χ0) is 13.5. The summed E-state index contributed by atoms with van der Waals surface area (Å²) in [5, 5.41) is 10.7. The summed E-state index contributed by atoms with van der Waals surface area (Å²) in [6.07, 6.45) is 3.79. The molecule has 18 heavy (non-hydrogen) atoms. The Balaban J connectivity index is 2.77. The van der Waals surface area contributed by atoms with E-state index in [2.05, 4.69) is 4.98 Å². The number of nitrogens with zero attached hydrogens (tertiary/aromatic N) is 2. The first-order chi connectivity index (χ1) is 8.56. The Hall–Kier alpha value is -2.18. The van der Waals surface area contributed by atoms with Gasteiger partial charge >= 0.3 is 11.8 Å². The molecule has 98 valence electrons. The second-order valence-electron chi connectivity index (χ2n) is 3.74. The van der Waals surface area contributed by atoms with E-state index in [1.807, 2.05) is 6.92 Å². The van der Waals surface area contributed by atoms with E-state index < -0.39 is 16.7 Å². The van der Waals surface area contributed by atoms with Crippen LogP contribution in [-0.4, -0.2) is 22.5 Å². The lowest BCUT2D eigenvalue weighted by Crippen LogP contribution is -2.11. The molecular weight excluding hydrogens is 238 g/mol. The molecule has 0 unspecified atom stereocenters. The van der Waals surface area contributed by atoms with Gasteiger partial charge < -0.3 is 20.6 Å². The summed E-state index contributed by atoms with van der Waals surface area (Å²) < 4.78 is 4.94. The van der Waals surface area contributed by atoms with E-state index in [9.17, 15) is 14.9 Å². The van der Waals surface area contributed by atoms with Gasteiger partial charge in [0.05, 0.1) is 12.3 Å². The molecular formula is C11H15N3O4. The molecule has 0 aliphatic rings.